The summed E-state index contributed by atoms with van der Waals surface area (Å²) in [5, 5.41) is 17.5. The van der Waals surface area contributed by atoms with E-state index in [-0.39, 0.29) is 11.5 Å². The highest BCUT2D eigenvalue weighted by Crippen LogP contribution is 2.25. The van der Waals surface area contributed by atoms with Gasteiger partial charge in [-0.15, -0.1) is 0 Å². The van der Waals surface area contributed by atoms with Gasteiger partial charge < -0.3 is 4.90 Å². The van der Waals surface area contributed by atoms with Crippen LogP contribution in [-0.2, 0) is 0 Å². The highest BCUT2D eigenvalue weighted by molar-refractivity contribution is 5.47. The Morgan fingerprint density at radius 2 is 2.07 bits per heavy atom. The predicted octanol–water partition coefficient (Wildman–Crippen LogP) is 1.82. The van der Waals surface area contributed by atoms with Crippen LogP contribution < -0.4 is 0 Å². The van der Waals surface area contributed by atoms with Crippen LogP contribution in [0.2, 0.25) is 0 Å². The molecule has 0 radical (unpaired) electrons. The van der Waals surface area contributed by atoms with E-state index in [1.165, 1.54) is 0 Å². The summed E-state index contributed by atoms with van der Waals surface area (Å²) in [7, 11) is 2.01. The standard InChI is InChI=1S/C11H13N3/c1-8-7-14(3)9(2)4-11(8)10(5-12)6-13/h4,8H,7H2,1-3H3/t8-/m1/s1. The number of nitriles is 2. The van der Waals surface area contributed by atoms with Crippen LogP contribution in [0.5, 0.6) is 0 Å². The molecule has 0 N–H and O–H groups in total. The third-order valence-electron chi connectivity index (χ3n) is 2.56. The molecule has 3 nitrogen and oxygen atoms in total. The molecule has 1 atom stereocenters. The predicted molar refractivity (Wildman–Crippen MR) is 53.8 cm³/mol. The molecule has 0 fully saturated rings. The van der Waals surface area contributed by atoms with Crippen LogP contribution >= 0.6 is 0 Å². The highest BCUT2D eigenvalue weighted by atomic mass is 15.1. The van der Waals surface area contributed by atoms with E-state index >= 15 is 0 Å². The summed E-state index contributed by atoms with van der Waals surface area (Å²) in [4.78, 5) is 2.13. The van der Waals surface area contributed by atoms with Gasteiger partial charge >= 0.3 is 0 Å². The Morgan fingerprint density at radius 1 is 1.50 bits per heavy atom. The first-order valence-electron chi connectivity index (χ1n) is 4.54. The Labute approximate surface area is 84.5 Å². The molecule has 0 saturated carbocycles. The van der Waals surface area contributed by atoms with Crippen LogP contribution in [-0.4, -0.2) is 18.5 Å². The first-order valence-corrected chi connectivity index (χ1v) is 4.54. The average molecular weight is 187 g/mol. The van der Waals surface area contributed by atoms with Gasteiger partial charge in [-0.05, 0) is 18.6 Å². The van der Waals surface area contributed by atoms with E-state index in [0.717, 1.165) is 17.8 Å². The molecule has 1 rings (SSSR count). The van der Waals surface area contributed by atoms with E-state index in [9.17, 15) is 0 Å². The van der Waals surface area contributed by atoms with E-state index in [2.05, 4.69) is 4.90 Å². The first-order chi connectivity index (χ1) is 6.60. The number of hydrogen-bond acceptors (Lipinski definition) is 3. The summed E-state index contributed by atoms with van der Waals surface area (Å²) >= 11 is 0. The summed E-state index contributed by atoms with van der Waals surface area (Å²) in [5.41, 5.74) is 2.21. The molecule has 0 aromatic rings. The van der Waals surface area contributed by atoms with Gasteiger partial charge in [0.25, 0.3) is 0 Å². The van der Waals surface area contributed by atoms with Gasteiger partial charge in [0.2, 0.25) is 0 Å². The molecule has 3 heteroatoms. The number of allylic oxidation sites excluding steroid dienone is 3. The summed E-state index contributed by atoms with van der Waals surface area (Å²) in [6.45, 7) is 4.88. The van der Waals surface area contributed by atoms with Gasteiger partial charge in [-0.3, -0.25) is 0 Å². The normalized spacial score (nSPS) is 20.9. The molecule has 0 aromatic heterocycles. The van der Waals surface area contributed by atoms with Crippen molar-refractivity contribution in [1.29, 1.82) is 10.5 Å². The molecule has 0 aliphatic carbocycles. The lowest BCUT2D eigenvalue weighted by atomic mass is 9.92. The van der Waals surface area contributed by atoms with Gasteiger partial charge in [-0.1, -0.05) is 6.92 Å². The van der Waals surface area contributed by atoms with Gasteiger partial charge in [0.15, 0.2) is 0 Å². The fraction of sp³-hybridized carbons (Fsp3) is 0.455. The Morgan fingerprint density at radius 3 is 2.57 bits per heavy atom. The summed E-state index contributed by atoms with van der Waals surface area (Å²) in [6.07, 6.45) is 1.93. The minimum atomic E-state index is 0.241. The molecule has 0 unspecified atom stereocenters. The van der Waals surface area contributed by atoms with Crippen molar-refractivity contribution in [1.82, 2.24) is 4.90 Å². The fourth-order valence-corrected chi connectivity index (χ4v) is 1.60. The zero-order chi connectivity index (χ0) is 10.7. The lowest BCUT2D eigenvalue weighted by Crippen LogP contribution is -2.28. The summed E-state index contributed by atoms with van der Waals surface area (Å²) in [5.74, 6) is 0.248. The molecule has 0 saturated heterocycles. The number of rotatable bonds is 0. The van der Waals surface area contributed by atoms with Gasteiger partial charge in [0.05, 0.1) is 0 Å². The van der Waals surface area contributed by atoms with Gasteiger partial charge in [-0.25, -0.2) is 0 Å². The Balaban J connectivity index is 3.21. The summed E-state index contributed by atoms with van der Waals surface area (Å²) in [6, 6.07) is 3.89. The van der Waals surface area contributed by atoms with Crippen molar-refractivity contribution < 1.29 is 0 Å². The first kappa shape index (κ1) is 10.3. The van der Waals surface area contributed by atoms with Crippen molar-refractivity contribution in [2.75, 3.05) is 13.6 Å². The molecular weight excluding hydrogens is 174 g/mol. The second-order valence-corrected chi connectivity index (χ2v) is 3.62. The topological polar surface area (TPSA) is 50.8 Å². The van der Waals surface area contributed by atoms with Crippen molar-refractivity contribution in [3.63, 3.8) is 0 Å². The zero-order valence-corrected chi connectivity index (χ0v) is 8.70. The minimum absolute atomic E-state index is 0.241. The Kier molecular flexibility index (Phi) is 2.94. The molecule has 0 bridgehead atoms. The molecule has 14 heavy (non-hydrogen) atoms. The Bertz CT molecular complexity index is 360. The molecule has 0 spiro atoms. The zero-order valence-electron chi connectivity index (χ0n) is 8.70. The average Bonchev–Trinajstić information content (AvgIpc) is 2.15. The van der Waals surface area contributed by atoms with E-state index in [4.69, 9.17) is 10.5 Å². The minimum Gasteiger partial charge on any atom is -0.377 e. The van der Waals surface area contributed by atoms with E-state index < -0.39 is 0 Å². The molecule has 0 aromatic carbocycles. The van der Waals surface area contributed by atoms with Crippen molar-refractivity contribution in [2.24, 2.45) is 5.92 Å². The van der Waals surface area contributed by atoms with Crippen LogP contribution in [0, 0.1) is 28.6 Å². The second kappa shape index (κ2) is 3.98. The maximum Gasteiger partial charge on any atom is 0.133 e. The largest absolute Gasteiger partial charge is 0.377 e. The molecule has 72 valence electrons. The van der Waals surface area contributed by atoms with Crippen LogP contribution in [0.1, 0.15) is 13.8 Å². The SMILES string of the molecule is CC1=CC(=C(C#N)C#N)[C@H](C)CN1C. The third-order valence-corrected chi connectivity index (χ3v) is 2.56. The smallest absolute Gasteiger partial charge is 0.133 e. The Hall–Kier alpha value is -1.74. The molecule has 0 amide bonds. The monoisotopic (exact) mass is 187 g/mol. The van der Waals surface area contributed by atoms with Crippen LogP contribution in [0.15, 0.2) is 22.9 Å². The fourth-order valence-electron chi connectivity index (χ4n) is 1.60. The van der Waals surface area contributed by atoms with Crippen molar-refractivity contribution in [3.8, 4) is 12.1 Å². The van der Waals surface area contributed by atoms with E-state index in [0.29, 0.717) is 0 Å². The van der Waals surface area contributed by atoms with Crippen molar-refractivity contribution in [2.45, 2.75) is 13.8 Å². The molecular formula is C11H13N3. The highest BCUT2D eigenvalue weighted by Gasteiger charge is 2.19. The molecule has 1 aliphatic heterocycles. The quantitative estimate of drug-likeness (QED) is 0.543. The van der Waals surface area contributed by atoms with Crippen molar-refractivity contribution >= 4 is 0 Å². The van der Waals surface area contributed by atoms with Gasteiger partial charge in [0.1, 0.15) is 17.7 Å². The van der Waals surface area contributed by atoms with Crippen LogP contribution in [0.4, 0.5) is 0 Å². The molecule has 1 aliphatic rings. The van der Waals surface area contributed by atoms with E-state index in [1.54, 1.807) is 0 Å². The van der Waals surface area contributed by atoms with E-state index in [1.807, 2.05) is 39.1 Å². The second-order valence-electron chi connectivity index (χ2n) is 3.62. The van der Waals surface area contributed by atoms with Crippen LogP contribution in [0.3, 0.4) is 0 Å². The molecule has 1 heterocycles. The maximum absolute atomic E-state index is 8.77. The van der Waals surface area contributed by atoms with Crippen LogP contribution in [0.25, 0.3) is 0 Å². The van der Waals surface area contributed by atoms with Gasteiger partial charge in [-0.2, -0.15) is 10.5 Å². The van der Waals surface area contributed by atoms with Crippen molar-refractivity contribution in [3.05, 3.63) is 22.9 Å². The lowest BCUT2D eigenvalue weighted by molar-refractivity contribution is 0.357. The number of nitrogens with zero attached hydrogens (tertiary/aromatic N) is 3. The summed E-state index contributed by atoms with van der Waals surface area (Å²) < 4.78 is 0. The number of hydrogen-bond donors (Lipinski definition) is 0. The van der Waals surface area contributed by atoms with Gasteiger partial charge in [0, 0.05) is 25.2 Å². The lowest BCUT2D eigenvalue weighted by Gasteiger charge is -2.30. The third kappa shape index (κ3) is 1.78. The maximum atomic E-state index is 8.77.